The number of halogens is 1. The summed E-state index contributed by atoms with van der Waals surface area (Å²) in [6.45, 7) is 2.87. The molecule has 1 heterocycles. The van der Waals surface area contributed by atoms with Crippen LogP contribution < -0.4 is 4.90 Å². The Morgan fingerprint density at radius 3 is 2.60 bits per heavy atom. The standard InChI is InChI=1S/C15H21ClN2O2/c1-17(2)10-11-6-8-18(9-7-11)13-5-3-4-12(16)14(13)15(19)20/h3-5,11H,6-10H2,1-2H3,(H,19,20). The van der Waals surface area contributed by atoms with Gasteiger partial charge in [-0.2, -0.15) is 0 Å². The number of nitrogens with zero attached hydrogens (tertiary/aromatic N) is 2. The van der Waals surface area contributed by atoms with E-state index in [1.807, 2.05) is 12.1 Å². The second-order valence-electron chi connectivity index (χ2n) is 5.63. The van der Waals surface area contributed by atoms with Gasteiger partial charge >= 0.3 is 5.97 Å². The maximum absolute atomic E-state index is 11.4. The van der Waals surface area contributed by atoms with Crippen molar-refractivity contribution in [2.75, 3.05) is 38.6 Å². The normalized spacial score (nSPS) is 16.7. The molecule has 0 amide bonds. The quantitative estimate of drug-likeness (QED) is 0.928. The summed E-state index contributed by atoms with van der Waals surface area (Å²) in [5.74, 6) is -0.269. The number of rotatable bonds is 4. The first-order valence-electron chi connectivity index (χ1n) is 6.90. The largest absolute Gasteiger partial charge is 0.478 e. The van der Waals surface area contributed by atoms with Crippen molar-refractivity contribution in [3.05, 3.63) is 28.8 Å². The van der Waals surface area contributed by atoms with Gasteiger partial charge < -0.3 is 14.9 Å². The van der Waals surface area contributed by atoms with Crippen LogP contribution in [0.3, 0.4) is 0 Å². The molecule has 0 atom stereocenters. The third kappa shape index (κ3) is 3.44. The zero-order valence-corrected chi connectivity index (χ0v) is 12.7. The summed E-state index contributed by atoms with van der Waals surface area (Å²) in [5, 5.41) is 9.64. The molecule has 0 radical (unpaired) electrons. The van der Waals surface area contributed by atoms with Gasteiger partial charge in [-0.05, 0) is 45.0 Å². The van der Waals surface area contributed by atoms with Gasteiger partial charge in [0.15, 0.2) is 0 Å². The minimum Gasteiger partial charge on any atom is -0.478 e. The fraction of sp³-hybridized carbons (Fsp3) is 0.533. The monoisotopic (exact) mass is 296 g/mol. The Morgan fingerprint density at radius 2 is 2.05 bits per heavy atom. The van der Waals surface area contributed by atoms with Crippen LogP contribution in [-0.4, -0.2) is 49.7 Å². The van der Waals surface area contributed by atoms with Crippen LogP contribution in [0.4, 0.5) is 5.69 Å². The summed E-state index contributed by atoms with van der Waals surface area (Å²) in [7, 11) is 4.18. The van der Waals surface area contributed by atoms with E-state index in [0.29, 0.717) is 10.9 Å². The molecule has 1 aliphatic heterocycles. The third-order valence-corrected chi connectivity index (χ3v) is 4.10. The van der Waals surface area contributed by atoms with E-state index in [-0.39, 0.29) is 5.56 Å². The molecule has 0 unspecified atom stereocenters. The van der Waals surface area contributed by atoms with Crippen LogP contribution >= 0.6 is 11.6 Å². The molecule has 110 valence electrons. The van der Waals surface area contributed by atoms with Crippen LogP contribution in [0.25, 0.3) is 0 Å². The van der Waals surface area contributed by atoms with Crippen molar-refractivity contribution in [2.45, 2.75) is 12.8 Å². The molecule has 1 fully saturated rings. The molecule has 20 heavy (non-hydrogen) atoms. The molecule has 1 aliphatic rings. The molecule has 0 saturated carbocycles. The maximum atomic E-state index is 11.4. The molecule has 0 bridgehead atoms. The van der Waals surface area contributed by atoms with Crippen LogP contribution in [0.1, 0.15) is 23.2 Å². The Kier molecular flexibility index (Phi) is 4.89. The van der Waals surface area contributed by atoms with Gasteiger partial charge in [0.25, 0.3) is 0 Å². The van der Waals surface area contributed by atoms with Crippen molar-refractivity contribution in [1.82, 2.24) is 4.90 Å². The van der Waals surface area contributed by atoms with Gasteiger partial charge in [0.1, 0.15) is 5.56 Å². The molecule has 5 heteroatoms. The van der Waals surface area contributed by atoms with E-state index >= 15 is 0 Å². The number of anilines is 1. The highest BCUT2D eigenvalue weighted by molar-refractivity contribution is 6.34. The lowest BCUT2D eigenvalue weighted by molar-refractivity contribution is 0.0697. The van der Waals surface area contributed by atoms with Gasteiger partial charge in [0.2, 0.25) is 0 Å². The average Bonchev–Trinajstić information content (AvgIpc) is 2.38. The van der Waals surface area contributed by atoms with E-state index in [0.717, 1.165) is 38.2 Å². The van der Waals surface area contributed by atoms with Crippen molar-refractivity contribution >= 4 is 23.3 Å². The van der Waals surface area contributed by atoms with E-state index in [4.69, 9.17) is 11.6 Å². The molecular formula is C15H21ClN2O2. The molecule has 1 aromatic carbocycles. The fourth-order valence-corrected chi connectivity index (χ4v) is 3.11. The summed E-state index contributed by atoms with van der Waals surface area (Å²) >= 11 is 6.03. The Labute approximate surface area is 124 Å². The number of benzene rings is 1. The van der Waals surface area contributed by atoms with Crippen molar-refractivity contribution in [3.63, 3.8) is 0 Å². The summed E-state index contributed by atoms with van der Waals surface area (Å²) in [4.78, 5) is 15.7. The number of piperidine rings is 1. The molecule has 0 spiro atoms. The fourth-order valence-electron chi connectivity index (χ4n) is 2.86. The Hall–Kier alpha value is -1.26. The molecule has 1 N–H and O–H groups in total. The SMILES string of the molecule is CN(C)CC1CCN(c2cccc(Cl)c2C(=O)O)CC1. The van der Waals surface area contributed by atoms with Gasteiger partial charge in [-0.25, -0.2) is 4.79 Å². The topological polar surface area (TPSA) is 43.8 Å². The van der Waals surface area contributed by atoms with Crippen LogP contribution in [0.2, 0.25) is 5.02 Å². The van der Waals surface area contributed by atoms with Crippen molar-refractivity contribution < 1.29 is 9.90 Å². The molecular weight excluding hydrogens is 276 g/mol. The van der Waals surface area contributed by atoms with Crippen LogP contribution in [0.5, 0.6) is 0 Å². The second-order valence-corrected chi connectivity index (χ2v) is 6.04. The van der Waals surface area contributed by atoms with Crippen LogP contribution in [0, 0.1) is 5.92 Å². The predicted molar refractivity (Wildman–Crippen MR) is 81.9 cm³/mol. The van der Waals surface area contributed by atoms with E-state index in [9.17, 15) is 9.90 Å². The molecule has 1 aromatic rings. The summed E-state index contributed by atoms with van der Waals surface area (Å²) in [6.07, 6.45) is 2.17. The number of carboxylic acids is 1. The first-order valence-corrected chi connectivity index (χ1v) is 7.28. The lowest BCUT2D eigenvalue weighted by atomic mass is 9.95. The van der Waals surface area contributed by atoms with E-state index < -0.39 is 5.97 Å². The molecule has 4 nitrogen and oxygen atoms in total. The highest BCUT2D eigenvalue weighted by Gasteiger charge is 2.24. The second kappa shape index (κ2) is 6.46. The lowest BCUT2D eigenvalue weighted by Gasteiger charge is -2.35. The third-order valence-electron chi connectivity index (χ3n) is 3.78. The highest BCUT2D eigenvalue weighted by Crippen LogP contribution is 2.30. The minimum atomic E-state index is -0.957. The maximum Gasteiger partial charge on any atom is 0.339 e. The molecule has 2 rings (SSSR count). The number of aromatic carboxylic acids is 1. The number of hydrogen-bond donors (Lipinski definition) is 1. The van der Waals surface area contributed by atoms with Crippen molar-refractivity contribution in [3.8, 4) is 0 Å². The first-order chi connectivity index (χ1) is 9.49. The van der Waals surface area contributed by atoms with E-state index in [1.165, 1.54) is 0 Å². The Balaban J connectivity index is 2.11. The zero-order chi connectivity index (χ0) is 14.7. The van der Waals surface area contributed by atoms with Crippen LogP contribution in [-0.2, 0) is 0 Å². The van der Waals surface area contributed by atoms with Crippen LogP contribution in [0.15, 0.2) is 18.2 Å². The molecule has 0 aliphatic carbocycles. The Bertz CT molecular complexity index is 483. The molecule has 1 saturated heterocycles. The summed E-state index contributed by atoms with van der Waals surface area (Å²) in [6, 6.07) is 5.30. The summed E-state index contributed by atoms with van der Waals surface area (Å²) in [5.41, 5.74) is 0.966. The van der Waals surface area contributed by atoms with Gasteiger partial charge in [-0.3, -0.25) is 0 Å². The van der Waals surface area contributed by atoms with Gasteiger partial charge in [-0.1, -0.05) is 17.7 Å². The first kappa shape index (κ1) is 15.1. The predicted octanol–water partition coefficient (Wildman–Crippen LogP) is 2.82. The minimum absolute atomic E-state index is 0.222. The highest BCUT2D eigenvalue weighted by atomic mass is 35.5. The average molecular weight is 297 g/mol. The molecule has 0 aromatic heterocycles. The zero-order valence-electron chi connectivity index (χ0n) is 12.0. The smallest absolute Gasteiger partial charge is 0.339 e. The van der Waals surface area contributed by atoms with Crippen molar-refractivity contribution in [1.29, 1.82) is 0 Å². The number of carbonyl (C=O) groups is 1. The Morgan fingerprint density at radius 1 is 1.40 bits per heavy atom. The summed E-state index contributed by atoms with van der Waals surface area (Å²) < 4.78 is 0. The van der Waals surface area contributed by atoms with E-state index in [1.54, 1.807) is 6.07 Å². The van der Waals surface area contributed by atoms with Gasteiger partial charge in [0, 0.05) is 19.6 Å². The number of hydrogen-bond acceptors (Lipinski definition) is 3. The van der Waals surface area contributed by atoms with Gasteiger partial charge in [-0.15, -0.1) is 0 Å². The van der Waals surface area contributed by atoms with E-state index in [2.05, 4.69) is 23.9 Å². The van der Waals surface area contributed by atoms with Gasteiger partial charge in [0.05, 0.1) is 10.7 Å². The van der Waals surface area contributed by atoms with Crippen molar-refractivity contribution in [2.24, 2.45) is 5.92 Å². The lowest BCUT2D eigenvalue weighted by Crippen LogP contribution is -2.37. The number of carboxylic acid groups (broad SMARTS) is 1.